The van der Waals surface area contributed by atoms with Crippen LogP contribution < -0.4 is 31.9 Å². The normalized spacial score (nSPS) is 30.6. The summed E-state index contributed by atoms with van der Waals surface area (Å²) >= 11 is 14.9. The number of rotatable bonds is 18. The number of hydrogen-bond donors (Lipinski definition) is 6. The fourth-order valence-electron chi connectivity index (χ4n) is 11.8. The molecule has 400 valence electrons. The third-order valence-electron chi connectivity index (χ3n) is 16.2. The topological polar surface area (TPSA) is 175 Å². The Kier molecular flexibility index (Phi) is 17.3. The summed E-state index contributed by atoms with van der Waals surface area (Å²) in [6.45, 7) is 17.5. The second kappa shape index (κ2) is 22.7. The SMILES string of the molecule is CN[C@@H](C)C(=S)N[C@H]1CCS[C@H]2CC(C)(C)C(C(=O)N[C@H]3c4ccccc4C[C@H]3OCCOCCOC3(C)Cc4ccccc4[C@@H]3NC(=O)[C@H]3N4C(=O)[C@@H](NC(=S)C(C)(C)NC)CCS[C@H]4CC3(C)C)N2C1=O. The number of hydrogen-bond acceptors (Lipinski definition) is 13. The van der Waals surface area contributed by atoms with Gasteiger partial charge in [-0.3, -0.25) is 19.2 Å². The van der Waals surface area contributed by atoms with Gasteiger partial charge in [-0.2, -0.15) is 0 Å². The lowest BCUT2D eigenvalue weighted by Gasteiger charge is -2.38. The van der Waals surface area contributed by atoms with Crippen LogP contribution in [-0.4, -0.2) is 154 Å². The summed E-state index contributed by atoms with van der Waals surface area (Å²) in [7, 11) is 3.69. The lowest BCUT2D eigenvalue weighted by molar-refractivity contribution is -0.144. The molecule has 8 rings (SSSR count). The molecule has 15 nitrogen and oxygen atoms in total. The molecule has 0 radical (unpaired) electrons. The number of carbonyl (C=O) groups is 4. The molecule has 2 aliphatic carbocycles. The molecule has 4 heterocycles. The van der Waals surface area contributed by atoms with Gasteiger partial charge in [-0.05, 0) is 112 Å². The largest absolute Gasteiger partial charge is 0.377 e. The van der Waals surface area contributed by atoms with Crippen LogP contribution in [0.15, 0.2) is 48.5 Å². The van der Waals surface area contributed by atoms with Crippen molar-refractivity contribution in [3.8, 4) is 0 Å². The van der Waals surface area contributed by atoms with Crippen LogP contribution in [0.2, 0.25) is 0 Å². The second-order valence-electron chi connectivity index (χ2n) is 22.8. The lowest BCUT2D eigenvalue weighted by Crippen LogP contribution is -2.60. The minimum Gasteiger partial charge on any atom is -0.377 e. The molecule has 0 spiro atoms. The Balaban J connectivity index is 0.874. The minimum absolute atomic E-state index is 0.0899. The highest BCUT2D eigenvalue weighted by Gasteiger charge is 2.57. The first-order chi connectivity index (χ1) is 34.6. The van der Waals surface area contributed by atoms with Gasteiger partial charge in [0.15, 0.2) is 0 Å². The Morgan fingerprint density at radius 2 is 1.30 bits per heavy atom. The predicted octanol–water partition coefficient (Wildman–Crippen LogP) is 5.35. The minimum atomic E-state index is -0.783. The van der Waals surface area contributed by atoms with E-state index in [2.05, 4.69) is 77.8 Å². The zero-order valence-corrected chi connectivity index (χ0v) is 47.5. The Morgan fingerprint density at radius 1 is 0.753 bits per heavy atom. The van der Waals surface area contributed by atoms with Gasteiger partial charge >= 0.3 is 0 Å². The van der Waals surface area contributed by atoms with Gasteiger partial charge in [0.2, 0.25) is 23.6 Å². The van der Waals surface area contributed by atoms with E-state index in [0.717, 1.165) is 33.8 Å². The standard InChI is InChI=1S/C54H78N8O7S4/c1-31(55-9)47(70)57-36-19-25-72-39-29-51(2,3)43(61(39)48(36)65)45(63)59-41-34-17-13-11-15-32(34)27-38(41)68-23-21-67-22-24-69-54(8)28-33-16-12-14-18-35(33)42(54)60-46(64)44-52(4,5)30-40-62(44)49(66)37(20-26-73-40)58-50(71)53(6,7)56-10/h11-18,31,36-44,55-56H,19-30H2,1-10H3,(H,57,70)(H,58,71)(H,59,63)(H,60,64)/t31-,36-,37-,38+,39-,40-,41-,42-,43?,44+,54?/m0/s1. The van der Waals surface area contributed by atoms with Gasteiger partial charge < -0.3 is 55.9 Å². The number of carbonyl (C=O) groups excluding carboxylic acids is 4. The molecule has 2 unspecified atom stereocenters. The van der Waals surface area contributed by atoms with Gasteiger partial charge in [-0.25, -0.2) is 0 Å². The van der Waals surface area contributed by atoms with E-state index in [-0.39, 0.29) is 53.1 Å². The molecule has 0 aromatic heterocycles. The molecule has 0 saturated carbocycles. The van der Waals surface area contributed by atoms with Crippen LogP contribution in [0.5, 0.6) is 0 Å². The van der Waals surface area contributed by atoms with E-state index < -0.39 is 58.2 Å². The maximum absolute atomic E-state index is 14.8. The summed E-state index contributed by atoms with van der Waals surface area (Å²) in [6, 6.07) is 12.9. The molecule has 73 heavy (non-hydrogen) atoms. The van der Waals surface area contributed by atoms with Crippen molar-refractivity contribution in [1.29, 1.82) is 0 Å². The van der Waals surface area contributed by atoms with Gasteiger partial charge in [-0.1, -0.05) is 101 Å². The summed E-state index contributed by atoms with van der Waals surface area (Å²) in [6.07, 6.45) is 3.54. The van der Waals surface area contributed by atoms with Crippen LogP contribution in [0.4, 0.5) is 0 Å². The molecule has 4 fully saturated rings. The van der Waals surface area contributed by atoms with Crippen molar-refractivity contribution in [2.75, 3.05) is 52.0 Å². The molecule has 2 aromatic carbocycles. The van der Waals surface area contributed by atoms with Crippen LogP contribution in [0.3, 0.4) is 0 Å². The zero-order valence-electron chi connectivity index (χ0n) is 44.3. The molecule has 4 saturated heterocycles. The van der Waals surface area contributed by atoms with E-state index in [4.69, 9.17) is 38.6 Å². The number of nitrogens with zero attached hydrogens (tertiary/aromatic N) is 2. The van der Waals surface area contributed by atoms with E-state index >= 15 is 0 Å². The number of thioether (sulfide) groups is 2. The Morgan fingerprint density at radius 3 is 1.90 bits per heavy atom. The van der Waals surface area contributed by atoms with Crippen LogP contribution in [0.25, 0.3) is 0 Å². The number of thiocarbonyl (C=S) groups is 2. The van der Waals surface area contributed by atoms with E-state index in [1.807, 2.05) is 81.9 Å². The summed E-state index contributed by atoms with van der Waals surface area (Å²) in [4.78, 5) is 63.1. The Bertz CT molecular complexity index is 2410. The smallest absolute Gasteiger partial charge is 0.246 e. The van der Waals surface area contributed by atoms with Crippen molar-refractivity contribution in [2.24, 2.45) is 10.8 Å². The first kappa shape index (κ1) is 55.8. The highest BCUT2D eigenvalue weighted by molar-refractivity contribution is 8.00. The maximum Gasteiger partial charge on any atom is 0.246 e. The van der Waals surface area contributed by atoms with Gasteiger partial charge in [0.05, 0.1) is 82.5 Å². The number of amides is 4. The second-order valence-corrected chi connectivity index (χ2v) is 26.2. The molecular weight excluding hydrogens is 1000 g/mol. The van der Waals surface area contributed by atoms with E-state index in [1.54, 1.807) is 23.5 Å². The summed E-state index contributed by atoms with van der Waals surface area (Å²) < 4.78 is 19.4. The summed E-state index contributed by atoms with van der Waals surface area (Å²) in [5.41, 5.74) is 2.02. The Hall–Kier alpha value is -3.40. The van der Waals surface area contributed by atoms with E-state index in [1.165, 1.54) is 0 Å². The number of fused-ring (bicyclic) bond motifs is 4. The molecular formula is C54H78N8O7S4. The number of benzene rings is 2. The number of likely N-dealkylation sites (N-methyl/N-ethyl adjacent to an activating group) is 2. The fourth-order valence-corrected chi connectivity index (χ4v) is 15.4. The van der Waals surface area contributed by atoms with E-state index in [9.17, 15) is 19.2 Å². The van der Waals surface area contributed by atoms with Crippen molar-refractivity contribution >= 4 is 81.6 Å². The van der Waals surface area contributed by atoms with Crippen LogP contribution in [-0.2, 0) is 46.2 Å². The van der Waals surface area contributed by atoms with Gasteiger partial charge in [0, 0.05) is 12.8 Å². The first-order valence-corrected chi connectivity index (χ1v) is 29.0. The molecule has 6 aliphatic rings. The lowest BCUT2D eigenvalue weighted by atomic mass is 9.83. The quantitative estimate of drug-likeness (QED) is 0.0833. The van der Waals surface area contributed by atoms with Crippen molar-refractivity contribution in [3.63, 3.8) is 0 Å². The summed E-state index contributed by atoms with van der Waals surface area (Å²) in [5.74, 6) is 0.992. The molecule has 4 amide bonds. The highest BCUT2D eigenvalue weighted by atomic mass is 32.2. The molecule has 2 aromatic rings. The Labute approximate surface area is 452 Å². The highest BCUT2D eigenvalue weighted by Crippen LogP contribution is 2.49. The van der Waals surface area contributed by atoms with Crippen LogP contribution in [0.1, 0.15) is 115 Å². The average molecular weight is 1080 g/mol. The van der Waals surface area contributed by atoms with Crippen LogP contribution >= 0.6 is 48.0 Å². The van der Waals surface area contributed by atoms with Gasteiger partial charge in [0.25, 0.3) is 0 Å². The summed E-state index contributed by atoms with van der Waals surface area (Å²) in [5, 5.41) is 19.6. The predicted molar refractivity (Wildman–Crippen MR) is 297 cm³/mol. The van der Waals surface area contributed by atoms with Crippen molar-refractivity contribution in [3.05, 3.63) is 70.8 Å². The number of ether oxygens (including phenoxy) is 3. The van der Waals surface area contributed by atoms with Gasteiger partial charge in [0.1, 0.15) is 24.2 Å². The first-order valence-electron chi connectivity index (χ1n) is 26.1. The molecule has 11 atom stereocenters. The van der Waals surface area contributed by atoms with Crippen molar-refractivity contribution < 1.29 is 33.4 Å². The average Bonchev–Trinajstić information content (AvgIpc) is 3.96. The third kappa shape index (κ3) is 11.7. The monoisotopic (exact) mass is 1080 g/mol. The molecule has 6 N–H and O–H groups in total. The van der Waals surface area contributed by atoms with E-state index in [0.29, 0.717) is 68.3 Å². The molecule has 4 aliphatic heterocycles. The third-order valence-corrected chi connectivity index (χ3v) is 19.8. The fraction of sp³-hybridized carbons (Fsp3) is 0.667. The maximum atomic E-state index is 14.8. The molecule has 0 bridgehead atoms. The van der Waals surface area contributed by atoms with Crippen LogP contribution in [0, 0.1) is 10.8 Å². The van der Waals surface area contributed by atoms with Gasteiger partial charge in [-0.15, -0.1) is 23.5 Å². The number of nitrogens with one attached hydrogen (secondary N) is 6. The zero-order chi connectivity index (χ0) is 52.6. The van der Waals surface area contributed by atoms with Crippen molar-refractivity contribution in [2.45, 2.75) is 164 Å². The molecule has 19 heteroatoms. The van der Waals surface area contributed by atoms with Crippen molar-refractivity contribution in [1.82, 2.24) is 41.7 Å².